The fraction of sp³-hybridized carbons (Fsp3) is 0.688. The zero-order valence-corrected chi connectivity index (χ0v) is 16.6. The molecule has 28 heavy (non-hydrogen) atoms. The lowest BCUT2D eigenvalue weighted by molar-refractivity contribution is -0.133. The Kier molecular flexibility index (Phi) is 6.52. The SMILES string of the molecule is CCOC(=O)N1CCN(C(=O)Cn2cnc(S(=O)(=O)N3CCOCC3)c2)CC1. The lowest BCUT2D eigenvalue weighted by Crippen LogP contribution is -2.51. The Balaban J connectivity index is 1.55. The zero-order valence-electron chi connectivity index (χ0n) is 15.8. The topological polar surface area (TPSA) is 114 Å². The van der Waals surface area contributed by atoms with Crippen molar-refractivity contribution < 1.29 is 27.5 Å². The van der Waals surface area contributed by atoms with Crippen LogP contribution in [-0.4, -0.2) is 103 Å². The average Bonchev–Trinajstić information content (AvgIpc) is 3.18. The monoisotopic (exact) mass is 415 g/mol. The van der Waals surface area contributed by atoms with E-state index in [4.69, 9.17) is 9.47 Å². The van der Waals surface area contributed by atoms with Gasteiger partial charge >= 0.3 is 6.09 Å². The van der Waals surface area contributed by atoms with Gasteiger partial charge in [0.05, 0.1) is 26.1 Å². The summed E-state index contributed by atoms with van der Waals surface area (Å²) in [6.07, 6.45) is 2.35. The summed E-state index contributed by atoms with van der Waals surface area (Å²) < 4.78 is 38.1. The Bertz CT molecular complexity index is 796. The number of morpholine rings is 1. The van der Waals surface area contributed by atoms with Crippen molar-refractivity contribution in [1.82, 2.24) is 23.7 Å². The summed E-state index contributed by atoms with van der Waals surface area (Å²) in [6.45, 7) is 4.98. The smallest absolute Gasteiger partial charge is 0.409 e. The van der Waals surface area contributed by atoms with Crippen LogP contribution in [0.4, 0.5) is 4.79 Å². The molecule has 0 N–H and O–H groups in total. The van der Waals surface area contributed by atoms with Gasteiger partial charge in [-0.05, 0) is 6.92 Å². The van der Waals surface area contributed by atoms with Crippen LogP contribution in [0, 0.1) is 0 Å². The summed E-state index contributed by atoms with van der Waals surface area (Å²) in [5, 5.41) is -0.0747. The van der Waals surface area contributed by atoms with Gasteiger partial charge < -0.3 is 23.8 Å². The number of ether oxygens (including phenoxy) is 2. The third-order valence-electron chi connectivity index (χ3n) is 4.66. The summed E-state index contributed by atoms with van der Waals surface area (Å²) in [7, 11) is -3.69. The Labute approximate surface area is 163 Å². The number of aromatic nitrogens is 2. The highest BCUT2D eigenvalue weighted by molar-refractivity contribution is 7.89. The summed E-state index contributed by atoms with van der Waals surface area (Å²) in [4.78, 5) is 31.4. The number of nitrogens with zero attached hydrogens (tertiary/aromatic N) is 5. The van der Waals surface area contributed by atoms with Gasteiger partial charge in [-0.1, -0.05) is 0 Å². The minimum Gasteiger partial charge on any atom is -0.450 e. The fourth-order valence-electron chi connectivity index (χ4n) is 3.09. The molecule has 2 aliphatic heterocycles. The van der Waals surface area contributed by atoms with Crippen LogP contribution in [0.3, 0.4) is 0 Å². The molecular weight excluding hydrogens is 390 g/mol. The molecule has 0 saturated carbocycles. The Morgan fingerprint density at radius 2 is 1.75 bits per heavy atom. The summed E-state index contributed by atoms with van der Waals surface area (Å²) >= 11 is 0. The van der Waals surface area contributed by atoms with Crippen molar-refractivity contribution in [2.45, 2.75) is 18.5 Å². The molecule has 156 valence electrons. The normalized spacial score (nSPS) is 18.9. The molecule has 3 rings (SSSR count). The minimum absolute atomic E-state index is 0.00889. The molecule has 11 nitrogen and oxygen atoms in total. The van der Waals surface area contributed by atoms with Crippen LogP contribution in [-0.2, 0) is 30.8 Å². The zero-order chi connectivity index (χ0) is 20.1. The van der Waals surface area contributed by atoms with E-state index < -0.39 is 10.0 Å². The third-order valence-corrected chi connectivity index (χ3v) is 6.44. The summed E-state index contributed by atoms with van der Waals surface area (Å²) in [6, 6.07) is 0. The molecule has 2 fully saturated rings. The van der Waals surface area contributed by atoms with E-state index in [2.05, 4.69) is 4.98 Å². The number of hydrogen-bond acceptors (Lipinski definition) is 7. The van der Waals surface area contributed by atoms with Crippen LogP contribution in [0.25, 0.3) is 0 Å². The van der Waals surface area contributed by atoms with Crippen molar-refractivity contribution in [3.8, 4) is 0 Å². The van der Waals surface area contributed by atoms with E-state index in [0.29, 0.717) is 59.1 Å². The Hall–Kier alpha value is -2.18. The second-order valence-corrected chi connectivity index (χ2v) is 8.35. The molecule has 0 aromatic carbocycles. The van der Waals surface area contributed by atoms with Crippen molar-refractivity contribution in [1.29, 1.82) is 0 Å². The van der Waals surface area contributed by atoms with Gasteiger partial charge in [-0.25, -0.2) is 18.2 Å². The molecule has 0 atom stereocenters. The fourth-order valence-corrected chi connectivity index (χ4v) is 4.43. The molecule has 0 radical (unpaired) electrons. The van der Waals surface area contributed by atoms with Gasteiger partial charge in [0.1, 0.15) is 6.54 Å². The number of sulfonamides is 1. The lowest BCUT2D eigenvalue weighted by Gasteiger charge is -2.34. The van der Waals surface area contributed by atoms with E-state index in [0.717, 1.165) is 0 Å². The molecule has 0 bridgehead atoms. The molecule has 12 heteroatoms. The number of piperazine rings is 1. The maximum Gasteiger partial charge on any atom is 0.409 e. The molecule has 2 aliphatic rings. The molecule has 0 unspecified atom stereocenters. The van der Waals surface area contributed by atoms with Gasteiger partial charge in [-0.3, -0.25) is 4.79 Å². The second kappa shape index (κ2) is 8.88. The standard InChI is InChI=1S/C16H25N5O6S/c1-2-27-16(23)20-5-3-19(4-6-20)15(22)12-18-11-14(17-13-18)28(24,25)21-7-9-26-10-8-21/h11,13H,2-10,12H2,1H3. The predicted octanol–water partition coefficient (Wildman–Crippen LogP) is -0.795. The van der Waals surface area contributed by atoms with Crippen LogP contribution in [0.5, 0.6) is 0 Å². The van der Waals surface area contributed by atoms with E-state index in [1.807, 2.05) is 0 Å². The van der Waals surface area contributed by atoms with Gasteiger partial charge in [0.15, 0.2) is 5.03 Å². The first kappa shape index (κ1) is 20.6. The van der Waals surface area contributed by atoms with E-state index in [9.17, 15) is 18.0 Å². The van der Waals surface area contributed by atoms with Crippen molar-refractivity contribution in [3.63, 3.8) is 0 Å². The first-order valence-electron chi connectivity index (χ1n) is 9.21. The highest BCUT2D eigenvalue weighted by atomic mass is 32.2. The summed E-state index contributed by atoms with van der Waals surface area (Å²) in [5.41, 5.74) is 0. The van der Waals surface area contributed by atoms with Crippen molar-refractivity contribution in [2.24, 2.45) is 0 Å². The summed E-state index contributed by atoms with van der Waals surface area (Å²) in [5.74, 6) is -0.156. The van der Waals surface area contributed by atoms with Crippen molar-refractivity contribution in [3.05, 3.63) is 12.5 Å². The number of carbonyl (C=O) groups is 2. The average molecular weight is 415 g/mol. The van der Waals surface area contributed by atoms with E-state index in [-0.39, 0.29) is 23.6 Å². The second-order valence-electron chi connectivity index (χ2n) is 6.47. The highest BCUT2D eigenvalue weighted by Gasteiger charge is 2.29. The maximum atomic E-state index is 12.6. The molecule has 0 aliphatic carbocycles. The number of carbonyl (C=O) groups excluding carboxylic acids is 2. The van der Waals surface area contributed by atoms with Crippen molar-refractivity contribution >= 4 is 22.0 Å². The first-order valence-corrected chi connectivity index (χ1v) is 10.6. The van der Waals surface area contributed by atoms with Gasteiger partial charge in [-0.15, -0.1) is 0 Å². The molecule has 1 aromatic heterocycles. The maximum absolute atomic E-state index is 12.6. The van der Waals surface area contributed by atoms with Gasteiger partial charge in [0.25, 0.3) is 10.0 Å². The molecular formula is C16H25N5O6S. The van der Waals surface area contributed by atoms with Gasteiger partial charge in [0, 0.05) is 45.5 Å². The molecule has 3 heterocycles. The molecule has 0 spiro atoms. The van der Waals surface area contributed by atoms with E-state index in [1.54, 1.807) is 16.7 Å². The lowest BCUT2D eigenvalue weighted by atomic mass is 10.3. The van der Waals surface area contributed by atoms with Crippen molar-refractivity contribution in [2.75, 3.05) is 59.1 Å². The molecule has 1 aromatic rings. The predicted molar refractivity (Wildman–Crippen MR) is 97.0 cm³/mol. The first-order chi connectivity index (χ1) is 13.4. The highest BCUT2D eigenvalue weighted by Crippen LogP contribution is 2.15. The number of amides is 2. The number of imidazole rings is 1. The minimum atomic E-state index is -3.69. The van der Waals surface area contributed by atoms with Crippen LogP contribution in [0.15, 0.2) is 17.6 Å². The van der Waals surface area contributed by atoms with Crippen LogP contribution in [0.2, 0.25) is 0 Å². The largest absolute Gasteiger partial charge is 0.450 e. The van der Waals surface area contributed by atoms with Crippen LogP contribution in [0.1, 0.15) is 6.92 Å². The van der Waals surface area contributed by atoms with E-state index >= 15 is 0 Å². The Morgan fingerprint density at radius 1 is 1.11 bits per heavy atom. The number of hydrogen-bond donors (Lipinski definition) is 0. The van der Waals surface area contributed by atoms with Gasteiger partial charge in [0.2, 0.25) is 5.91 Å². The quantitative estimate of drug-likeness (QED) is 0.619. The third kappa shape index (κ3) is 4.62. The van der Waals surface area contributed by atoms with Gasteiger partial charge in [-0.2, -0.15) is 4.31 Å². The Morgan fingerprint density at radius 3 is 2.39 bits per heavy atom. The van der Waals surface area contributed by atoms with E-state index in [1.165, 1.54) is 21.4 Å². The molecule has 2 saturated heterocycles. The number of rotatable bonds is 5. The van der Waals surface area contributed by atoms with Crippen LogP contribution >= 0.6 is 0 Å². The van der Waals surface area contributed by atoms with Crippen LogP contribution < -0.4 is 0 Å². The molecule has 2 amide bonds.